The van der Waals surface area contributed by atoms with Crippen LogP contribution in [0.2, 0.25) is 0 Å². The largest absolute Gasteiger partial charge is 0.480 e. The molecule has 7 nitrogen and oxygen atoms in total. The topological polar surface area (TPSA) is 102 Å². The number of carboxylic acid groups (broad SMARTS) is 1. The van der Waals surface area contributed by atoms with E-state index < -0.39 is 12.0 Å². The van der Waals surface area contributed by atoms with Crippen molar-refractivity contribution in [1.29, 1.82) is 0 Å². The van der Waals surface area contributed by atoms with Crippen molar-refractivity contribution >= 4 is 11.8 Å². The van der Waals surface area contributed by atoms with Crippen molar-refractivity contribution in [3.63, 3.8) is 0 Å². The lowest BCUT2D eigenvalue weighted by Gasteiger charge is -2.30. The second-order valence-corrected chi connectivity index (χ2v) is 9.71. The first-order valence-corrected chi connectivity index (χ1v) is 12.4. The lowest BCUT2D eigenvalue weighted by atomic mass is 9.82. The van der Waals surface area contributed by atoms with E-state index in [1.165, 1.54) is 5.56 Å². The molecule has 1 heterocycles. The number of carboxylic acids is 1. The molecule has 1 aromatic heterocycles. The second-order valence-electron chi connectivity index (χ2n) is 9.71. The minimum absolute atomic E-state index is 0.00385. The van der Waals surface area contributed by atoms with Crippen molar-refractivity contribution in [2.45, 2.75) is 85.0 Å². The Bertz CT molecular complexity index is 950. The molecule has 0 amide bonds. The number of ketones is 1. The number of nitrogens with one attached hydrogen (secondary N) is 1. The van der Waals surface area contributed by atoms with Gasteiger partial charge in [-0.3, -0.25) is 9.59 Å². The Morgan fingerprint density at radius 3 is 2.56 bits per heavy atom. The number of oxazole rings is 1. The quantitative estimate of drug-likeness (QED) is 0.417. The fraction of sp³-hybridized carbons (Fsp3) is 0.593. The number of hydrogen-bond donors (Lipinski definition) is 2. The highest BCUT2D eigenvalue weighted by Crippen LogP contribution is 2.30. The maximum atomic E-state index is 13.0. The summed E-state index contributed by atoms with van der Waals surface area (Å²) in [6.07, 6.45) is 4.73. The van der Waals surface area contributed by atoms with E-state index in [4.69, 9.17) is 9.15 Å². The van der Waals surface area contributed by atoms with Crippen molar-refractivity contribution in [2.75, 3.05) is 6.54 Å². The first kappa shape index (κ1) is 26.1. The minimum Gasteiger partial charge on any atom is -0.480 e. The van der Waals surface area contributed by atoms with Gasteiger partial charge in [-0.1, -0.05) is 44.4 Å². The summed E-state index contributed by atoms with van der Waals surface area (Å²) in [4.78, 5) is 28.9. The van der Waals surface area contributed by atoms with Crippen LogP contribution in [-0.2, 0) is 20.9 Å². The molecular formula is C27H38N2O5. The molecule has 2 N–H and O–H groups in total. The maximum absolute atomic E-state index is 13.0. The van der Waals surface area contributed by atoms with Crippen LogP contribution in [0.15, 0.2) is 28.7 Å². The standard InChI is InChI=1S/C27H38N2O5/c1-17(2)25(27(31)32)28-15-7-9-23(30)21-8-5-6-10-24(21)33-16-22-19(4)34-26(29-22)20-13-11-18(3)12-14-20/h11-14,17,21,24-25,28H,5-10,15-16H2,1-4H3,(H,31,32)/t21-,24+,25?/m1/s1. The predicted octanol–water partition coefficient (Wildman–Crippen LogP) is 5.08. The molecule has 1 aromatic carbocycles. The summed E-state index contributed by atoms with van der Waals surface area (Å²) in [5.74, 6) is 0.559. The molecule has 1 fully saturated rings. The van der Waals surface area contributed by atoms with E-state index >= 15 is 0 Å². The van der Waals surface area contributed by atoms with Crippen LogP contribution in [-0.4, -0.2) is 40.5 Å². The Labute approximate surface area is 202 Å². The van der Waals surface area contributed by atoms with E-state index in [2.05, 4.69) is 10.3 Å². The van der Waals surface area contributed by atoms with Crippen molar-refractivity contribution < 1.29 is 23.8 Å². The van der Waals surface area contributed by atoms with E-state index in [1.807, 2.05) is 52.0 Å². The first-order valence-electron chi connectivity index (χ1n) is 12.4. The molecule has 0 spiro atoms. The molecule has 34 heavy (non-hydrogen) atoms. The van der Waals surface area contributed by atoms with Crippen LogP contribution < -0.4 is 5.32 Å². The van der Waals surface area contributed by atoms with E-state index in [0.717, 1.165) is 42.7 Å². The smallest absolute Gasteiger partial charge is 0.320 e. The average molecular weight is 471 g/mol. The monoisotopic (exact) mass is 470 g/mol. The minimum atomic E-state index is -0.851. The van der Waals surface area contributed by atoms with Crippen LogP contribution in [0.3, 0.4) is 0 Å². The fourth-order valence-electron chi connectivity index (χ4n) is 4.55. The van der Waals surface area contributed by atoms with Gasteiger partial charge in [0.1, 0.15) is 23.3 Å². The van der Waals surface area contributed by atoms with Crippen LogP contribution in [0.4, 0.5) is 0 Å². The van der Waals surface area contributed by atoms with Crippen molar-refractivity contribution in [3.8, 4) is 11.5 Å². The summed E-state index contributed by atoms with van der Waals surface area (Å²) in [5.41, 5.74) is 2.88. The zero-order chi connectivity index (χ0) is 24.7. The lowest BCUT2D eigenvalue weighted by molar-refractivity contribution is -0.140. The number of aromatic nitrogens is 1. The molecule has 0 bridgehead atoms. The summed E-state index contributed by atoms with van der Waals surface area (Å²) in [7, 11) is 0. The highest BCUT2D eigenvalue weighted by atomic mass is 16.5. The summed E-state index contributed by atoms with van der Waals surface area (Å²) >= 11 is 0. The third-order valence-electron chi connectivity index (χ3n) is 6.64. The van der Waals surface area contributed by atoms with Gasteiger partial charge in [0, 0.05) is 17.9 Å². The number of aliphatic carboxylic acids is 1. The van der Waals surface area contributed by atoms with Gasteiger partial charge in [0.2, 0.25) is 5.89 Å². The molecule has 2 aromatic rings. The average Bonchev–Trinajstić information content (AvgIpc) is 3.18. The van der Waals surface area contributed by atoms with Crippen molar-refractivity contribution in [3.05, 3.63) is 41.3 Å². The van der Waals surface area contributed by atoms with Gasteiger partial charge >= 0.3 is 5.97 Å². The molecule has 0 saturated heterocycles. The Hall–Kier alpha value is -2.51. The van der Waals surface area contributed by atoms with Crippen molar-refractivity contribution in [2.24, 2.45) is 11.8 Å². The normalized spacial score (nSPS) is 19.3. The number of rotatable bonds is 12. The molecule has 186 valence electrons. The molecule has 1 unspecified atom stereocenters. The third kappa shape index (κ3) is 7.00. The van der Waals surface area contributed by atoms with Gasteiger partial charge in [0.25, 0.3) is 0 Å². The van der Waals surface area contributed by atoms with Crippen LogP contribution in [0.5, 0.6) is 0 Å². The Kier molecular flexibility index (Phi) is 9.42. The van der Waals surface area contributed by atoms with Gasteiger partial charge in [-0.05, 0) is 57.7 Å². The van der Waals surface area contributed by atoms with Gasteiger partial charge in [-0.2, -0.15) is 0 Å². The number of nitrogens with zero attached hydrogens (tertiary/aromatic N) is 1. The number of carbonyl (C=O) groups is 2. The summed E-state index contributed by atoms with van der Waals surface area (Å²) < 4.78 is 12.1. The number of carbonyl (C=O) groups excluding carboxylic acids is 1. The molecule has 7 heteroatoms. The molecule has 3 atom stereocenters. The zero-order valence-corrected chi connectivity index (χ0v) is 20.8. The van der Waals surface area contributed by atoms with Gasteiger partial charge in [-0.15, -0.1) is 0 Å². The number of aryl methyl sites for hydroxylation is 2. The molecule has 1 aliphatic rings. The number of benzene rings is 1. The van der Waals surface area contributed by atoms with Crippen LogP contribution in [0.25, 0.3) is 11.5 Å². The zero-order valence-electron chi connectivity index (χ0n) is 20.8. The predicted molar refractivity (Wildman–Crippen MR) is 130 cm³/mol. The summed E-state index contributed by atoms with van der Waals surface area (Å²) in [5, 5.41) is 12.3. The van der Waals surface area contributed by atoms with E-state index in [-0.39, 0.29) is 23.7 Å². The summed E-state index contributed by atoms with van der Waals surface area (Å²) in [6.45, 7) is 8.52. The maximum Gasteiger partial charge on any atom is 0.320 e. The lowest BCUT2D eigenvalue weighted by Crippen LogP contribution is -2.41. The Balaban J connectivity index is 1.52. The first-order chi connectivity index (χ1) is 16.3. The molecule has 0 aliphatic heterocycles. The SMILES string of the molecule is Cc1ccc(-c2nc(CO[C@H]3CCCC[C@@H]3C(=O)CCCNC(C(=O)O)C(C)C)c(C)o2)cc1. The van der Waals surface area contributed by atoms with Gasteiger partial charge < -0.3 is 19.6 Å². The van der Waals surface area contributed by atoms with E-state index in [1.54, 1.807) is 0 Å². The number of ether oxygens (including phenoxy) is 1. The molecule has 3 rings (SSSR count). The van der Waals surface area contributed by atoms with Crippen LogP contribution in [0.1, 0.15) is 69.4 Å². The van der Waals surface area contributed by atoms with Crippen LogP contribution in [0, 0.1) is 25.7 Å². The van der Waals surface area contributed by atoms with Gasteiger partial charge in [-0.25, -0.2) is 4.98 Å². The summed E-state index contributed by atoms with van der Waals surface area (Å²) in [6, 6.07) is 7.47. The van der Waals surface area contributed by atoms with E-state index in [0.29, 0.717) is 31.9 Å². The number of hydrogen-bond acceptors (Lipinski definition) is 6. The highest BCUT2D eigenvalue weighted by Gasteiger charge is 2.31. The second kappa shape index (κ2) is 12.3. The van der Waals surface area contributed by atoms with Crippen molar-refractivity contribution in [1.82, 2.24) is 10.3 Å². The van der Waals surface area contributed by atoms with E-state index in [9.17, 15) is 14.7 Å². The third-order valence-corrected chi connectivity index (χ3v) is 6.64. The molecule has 0 radical (unpaired) electrons. The van der Waals surface area contributed by atoms with Gasteiger partial charge in [0.05, 0.1) is 12.7 Å². The number of Topliss-reactive ketones (excluding diaryl/α,β-unsaturated/α-hetero) is 1. The van der Waals surface area contributed by atoms with Gasteiger partial charge in [0.15, 0.2) is 0 Å². The molecule has 1 saturated carbocycles. The van der Waals surface area contributed by atoms with Crippen LogP contribution >= 0.6 is 0 Å². The Morgan fingerprint density at radius 2 is 1.88 bits per heavy atom. The highest BCUT2D eigenvalue weighted by molar-refractivity contribution is 5.81. The molecular weight excluding hydrogens is 432 g/mol. The molecule has 1 aliphatic carbocycles. The fourth-order valence-corrected chi connectivity index (χ4v) is 4.55. The Morgan fingerprint density at radius 1 is 1.18 bits per heavy atom.